The molecule has 0 radical (unpaired) electrons. The summed E-state index contributed by atoms with van der Waals surface area (Å²) in [5.41, 5.74) is 0.254. The van der Waals surface area contributed by atoms with Crippen LogP contribution in [0.15, 0.2) is 42.5 Å². The van der Waals surface area contributed by atoms with E-state index in [0.29, 0.717) is 14.9 Å². The summed E-state index contributed by atoms with van der Waals surface area (Å²) in [7, 11) is -2.58. The summed E-state index contributed by atoms with van der Waals surface area (Å²) in [6.07, 6.45) is 1.14. The number of rotatable bonds is 9. The van der Waals surface area contributed by atoms with Crippen molar-refractivity contribution in [2.75, 3.05) is 24.2 Å². The zero-order valence-electron chi connectivity index (χ0n) is 17.8. The number of nitrogens with zero attached hydrogens (tertiary/aromatic N) is 2. The number of nitrogens with one attached hydrogen (secondary N) is 1. The van der Waals surface area contributed by atoms with Crippen molar-refractivity contribution in [1.29, 1.82) is 0 Å². The Kier molecular flexibility index (Phi) is 8.89. The van der Waals surface area contributed by atoms with Crippen molar-refractivity contribution in [1.82, 2.24) is 10.2 Å². The average Bonchev–Trinajstić information content (AvgIpc) is 2.72. The standard InChI is InChI=1S/C21H24Cl2FN3O4S/c1-4-18(21(29)25-2)26(12-14-9-10-15(22)11-16(14)23)20(28)13-27(32(3,30)31)19-8-6-5-7-17(19)24/h5-11,18H,4,12-13H2,1-3H3,(H,25,29). The van der Waals surface area contributed by atoms with E-state index in [1.807, 2.05) is 0 Å². The molecule has 0 aliphatic heterocycles. The number of benzene rings is 2. The number of carbonyl (C=O) groups excluding carboxylic acids is 2. The minimum absolute atomic E-state index is 0.0738. The highest BCUT2D eigenvalue weighted by molar-refractivity contribution is 7.92. The van der Waals surface area contributed by atoms with E-state index in [9.17, 15) is 22.4 Å². The first-order chi connectivity index (χ1) is 15.0. The highest BCUT2D eigenvalue weighted by Gasteiger charge is 2.32. The number of halogens is 3. The van der Waals surface area contributed by atoms with Gasteiger partial charge in [0, 0.05) is 23.6 Å². The molecule has 2 aromatic rings. The highest BCUT2D eigenvalue weighted by atomic mass is 35.5. The third-order valence-corrected chi connectivity index (χ3v) is 6.50. The minimum atomic E-state index is -4.01. The van der Waals surface area contributed by atoms with Crippen LogP contribution in [0.3, 0.4) is 0 Å². The molecule has 1 unspecified atom stereocenters. The van der Waals surface area contributed by atoms with Crippen molar-refractivity contribution in [3.8, 4) is 0 Å². The quantitative estimate of drug-likeness (QED) is 0.567. The van der Waals surface area contributed by atoms with Crippen LogP contribution in [0.1, 0.15) is 18.9 Å². The normalized spacial score (nSPS) is 12.2. The summed E-state index contributed by atoms with van der Waals surface area (Å²) < 4.78 is 39.8. The minimum Gasteiger partial charge on any atom is -0.357 e. The number of sulfonamides is 1. The molecule has 0 saturated heterocycles. The van der Waals surface area contributed by atoms with E-state index in [-0.39, 0.29) is 23.7 Å². The number of carbonyl (C=O) groups is 2. The van der Waals surface area contributed by atoms with Gasteiger partial charge in [-0.05, 0) is 36.2 Å². The third-order valence-electron chi connectivity index (χ3n) is 4.79. The molecule has 0 aliphatic carbocycles. The molecule has 7 nitrogen and oxygen atoms in total. The van der Waals surface area contributed by atoms with E-state index in [1.54, 1.807) is 19.1 Å². The van der Waals surface area contributed by atoms with E-state index >= 15 is 0 Å². The topological polar surface area (TPSA) is 86.8 Å². The van der Waals surface area contributed by atoms with Crippen LogP contribution in [0.5, 0.6) is 0 Å². The van der Waals surface area contributed by atoms with E-state index in [0.717, 1.165) is 12.3 Å². The van der Waals surface area contributed by atoms with Crippen LogP contribution in [-0.2, 0) is 26.2 Å². The Balaban J connectivity index is 2.47. The van der Waals surface area contributed by atoms with E-state index in [2.05, 4.69) is 5.32 Å². The van der Waals surface area contributed by atoms with Crippen LogP contribution >= 0.6 is 23.2 Å². The molecule has 0 saturated carbocycles. The van der Waals surface area contributed by atoms with E-state index < -0.39 is 40.2 Å². The Morgan fingerprint density at radius 3 is 2.34 bits per heavy atom. The fourth-order valence-corrected chi connectivity index (χ4v) is 4.49. The van der Waals surface area contributed by atoms with Crippen molar-refractivity contribution < 1.29 is 22.4 Å². The zero-order chi connectivity index (χ0) is 24.1. The van der Waals surface area contributed by atoms with Crippen LogP contribution < -0.4 is 9.62 Å². The Bertz CT molecular complexity index is 1100. The predicted molar refractivity (Wildman–Crippen MR) is 124 cm³/mol. The summed E-state index contributed by atoms with van der Waals surface area (Å²) in [6.45, 7) is 0.947. The fourth-order valence-electron chi connectivity index (χ4n) is 3.17. The first kappa shape index (κ1) is 25.9. The lowest BCUT2D eigenvalue weighted by molar-refractivity contribution is -0.140. The van der Waals surface area contributed by atoms with Gasteiger partial charge in [0.2, 0.25) is 21.8 Å². The summed E-state index contributed by atoms with van der Waals surface area (Å²) in [5, 5.41) is 3.20. The molecule has 11 heteroatoms. The second-order valence-corrected chi connectivity index (χ2v) is 9.77. The van der Waals surface area contributed by atoms with Gasteiger partial charge in [0.15, 0.2) is 0 Å². The molecule has 0 heterocycles. The molecule has 0 fully saturated rings. The van der Waals surface area contributed by atoms with Gasteiger partial charge in [-0.1, -0.05) is 48.3 Å². The summed E-state index contributed by atoms with van der Waals surface area (Å²) in [6, 6.07) is 9.05. The molecule has 1 atom stereocenters. The lowest BCUT2D eigenvalue weighted by Crippen LogP contribution is -2.51. The molecule has 2 aromatic carbocycles. The molecule has 0 aliphatic rings. The maximum Gasteiger partial charge on any atom is 0.244 e. The van der Waals surface area contributed by atoms with Gasteiger partial charge in [-0.2, -0.15) is 0 Å². The lowest BCUT2D eigenvalue weighted by Gasteiger charge is -2.32. The van der Waals surface area contributed by atoms with Gasteiger partial charge < -0.3 is 10.2 Å². The van der Waals surface area contributed by atoms with Gasteiger partial charge >= 0.3 is 0 Å². The number of amides is 2. The van der Waals surface area contributed by atoms with Crippen molar-refractivity contribution in [3.63, 3.8) is 0 Å². The van der Waals surface area contributed by atoms with Crippen LogP contribution in [0, 0.1) is 5.82 Å². The molecule has 2 amide bonds. The van der Waals surface area contributed by atoms with Gasteiger partial charge in [0.25, 0.3) is 0 Å². The second-order valence-electron chi connectivity index (χ2n) is 7.02. The van der Waals surface area contributed by atoms with E-state index in [1.165, 1.54) is 36.2 Å². The van der Waals surface area contributed by atoms with Gasteiger partial charge in [0.1, 0.15) is 18.4 Å². The van der Waals surface area contributed by atoms with Crippen LogP contribution in [-0.4, -0.2) is 51.0 Å². The number of para-hydroxylation sites is 1. The van der Waals surface area contributed by atoms with Crippen LogP contribution in [0.4, 0.5) is 10.1 Å². The Hall–Kier alpha value is -2.36. The summed E-state index contributed by atoms with van der Waals surface area (Å²) in [5.74, 6) is -1.92. The van der Waals surface area contributed by atoms with Crippen molar-refractivity contribution in [3.05, 3.63) is 63.9 Å². The predicted octanol–water partition coefficient (Wildman–Crippen LogP) is 3.45. The maximum absolute atomic E-state index is 14.3. The van der Waals surface area contributed by atoms with E-state index in [4.69, 9.17) is 23.2 Å². The Morgan fingerprint density at radius 2 is 1.81 bits per heavy atom. The average molecular weight is 504 g/mol. The number of likely N-dealkylation sites (N-methyl/N-ethyl adjacent to an activating group) is 1. The van der Waals surface area contributed by atoms with Gasteiger partial charge in [0.05, 0.1) is 11.9 Å². The third kappa shape index (κ3) is 6.34. The first-order valence-electron chi connectivity index (χ1n) is 9.66. The Labute approximate surface area is 197 Å². The van der Waals surface area contributed by atoms with Crippen LogP contribution in [0.2, 0.25) is 10.0 Å². The lowest BCUT2D eigenvalue weighted by atomic mass is 10.1. The zero-order valence-corrected chi connectivity index (χ0v) is 20.1. The first-order valence-corrected chi connectivity index (χ1v) is 12.3. The summed E-state index contributed by atoms with van der Waals surface area (Å²) in [4.78, 5) is 27.0. The molecule has 1 N–H and O–H groups in total. The molecule has 0 spiro atoms. The van der Waals surface area contributed by atoms with Crippen molar-refractivity contribution >= 4 is 50.7 Å². The molecular formula is C21H24Cl2FN3O4S. The van der Waals surface area contributed by atoms with Gasteiger partial charge in [-0.15, -0.1) is 0 Å². The molecule has 0 bridgehead atoms. The van der Waals surface area contributed by atoms with Crippen molar-refractivity contribution in [2.45, 2.75) is 25.9 Å². The number of hydrogen-bond donors (Lipinski definition) is 1. The fraction of sp³-hybridized carbons (Fsp3) is 0.333. The molecular weight excluding hydrogens is 480 g/mol. The Morgan fingerprint density at radius 1 is 1.16 bits per heavy atom. The van der Waals surface area contributed by atoms with Gasteiger partial charge in [-0.3, -0.25) is 13.9 Å². The van der Waals surface area contributed by atoms with Gasteiger partial charge in [-0.25, -0.2) is 12.8 Å². The molecule has 174 valence electrons. The maximum atomic E-state index is 14.3. The van der Waals surface area contributed by atoms with Crippen LogP contribution in [0.25, 0.3) is 0 Å². The second kappa shape index (κ2) is 11.0. The van der Waals surface area contributed by atoms with Crippen molar-refractivity contribution in [2.24, 2.45) is 0 Å². The molecule has 0 aromatic heterocycles. The monoisotopic (exact) mass is 503 g/mol. The molecule has 2 rings (SSSR count). The number of anilines is 1. The summed E-state index contributed by atoms with van der Waals surface area (Å²) >= 11 is 12.2. The number of hydrogen-bond acceptors (Lipinski definition) is 4. The SMILES string of the molecule is CCC(C(=O)NC)N(Cc1ccc(Cl)cc1Cl)C(=O)CN(c1ccccc1F)S(C)(=O)=O. The largest absolute Gasteiger partial charge is 0.357 e. The smallest absolute Gasteiger partial charge is 0.244 e. The highest BCUT2D eigenvalue weighted by Crippen LogP contribution is 2.25. The molecule has 32 heavy (non-hydrogen) atoms.